The average Bonchev–Trinajstić information content (AvgIpc) is 2.90. The van der Waals surface area contributed by atoms with E-state index in [1.807, 2.05) is 19.9 Å². The largest absolute Gasteiger partial charge is 0.326 e. The van der Waals surface area contributed by atoms with Crippen molar-refractivity contribution in [2.45, 2.75) is 26.8 Å². The first-order chi connectivity index (χ1) is 12.0. The summed E-state index contributed by atoms with van der Waals surface area (Å²) in [7, 11) is 0. The van der Waals surface area contributed by atoms with Crippen LogP contribution in [0.5, 0.6) is 0 Å². The van der Waals surface area contributed by atoms with Gasteiger partial charge in [0.15, 0.2) is 0 Å². The van der Waals surface area contributed by atoms with Crippen molar-refractivity contribution < 1.29 is 4.79 Å². The minimum Gasteiger partial charge on any atom is -0.326 e. The fourth-order valence-electron chi connectivity index (χ4n) is 2.50. The van der Waals surface area contributed by atoms with E-state index < -0.39 is 0 Å². The number of amides is 1. The molecule has 7 heteroatoms. The number of fused-ring (bicyclic) bond motifs is 1. The number of nitrogens with one attached hydrogen (secondary N) is 1. The zero-order chi connectivity index (χ0) is 18.0. The maximum Gasteiger partial charge on any atom is 0.262 e. The van der Waals surface area contributed by atoms with Crippen LogP contribution in [0.4, 0.5) is 5.69 Å². The Balaban J connectivity index is 1.70. The van der Waals surface area contributed by atoms with Gasteiger partial charge in [-0.15, -0.1) is 11.3 Å². The van der Waals surface area contributed by atoms with E-state index >= 15 is 0 Å². The maximum absolute atomic E-state index is 12.6. The van der Waals surface area contributed by atoms with Crippen LogP contribution < -0.4 is 10.9 Å². The summed E-state index contributed by atoms with van der Waals surface area (Å²) in [4.78, 5) is 30.8. The zero-order valence-corrected chi connectivity index (χ0v) is 14.7. The molecule has 0 saturated carbocycles. The third-order valence-electron chi connectivity index (χ3n) is 4.03. The third-order valence-corrected chi connectivity index (χ3v) is 5.15. The number of thiophene rings is 1. The molecular weight excluding hydrogens is 336 g/mol. The smallest absolute Gasteiger partial charge is 0.262 e. The number of carbonyl (C=O) groups is 1. The van der Waals surface area contributed by atoms with E-state index in [0.29, 0.717) is 16.6 Å². The number of rotatable bonds is 4. The van der Waals surface area contributed by atoms with E-state index in [9.17, 15) is 9.59 Å². The van der Waals surface area contributed by atoms with Gasteiger partial charge in [-0.1, -0.05) is 0 Å². The van der Waals surface area contributed by atoms with Crippen LogP contribution in [0.3, 0.4) is 0 Å². The molecule has 1 amide bonds. The summed E-state index contributed by atoms with van der Waals surface area (Å²) < 4.78 is 1.47. The monoisotopic (exact) mass is 352 g/mol. The lowest BCUT2D eigenvalue weighted by Crippen LogP contribution is -2.23. The lowest BCUT2D eigenvalue weighted by Gasteiger charge is -2.07. The van der Waals surface area contributed by atoms with Gasteiger partial charge in [-0.25, -0.2) is 4.98 Å². The fourth-order valence-corrected chi connectivity index (χ4v) is 3.49. The van der Waals surface area contributed by atoms with Gasteiger partial charge in [0.25, 0.3) is 5.56 Å². The van der Waals surface area contributed by atoms with Crippen LogP contribution in [0, 0.1) is 25.2 Å². The number of hydrogen-bond donors (Lipinski definition) is 1. The van der Waals surface area contributed by atoms with Crippen LogP contribution in [0.15, 0.2) is 35.4 Å². The van der Waals surface area contributed by atoms with Gasteiger partial charge in [0.05, 0.1) is 23.3 Å². The molecule has 0 fully saturated rings. The summed E-state index contributed by atoms with van der Waals surface area (Å²) in [6.07, 6.45) is 1.66. The Hall–Kier alpha value is -2.98. The van der Waals surface area contributed by atoms with Crippen LogP contribution in [0.1, 0.15) is 22.4 Å². The Kier molecular flexibility index (Phi) is 4.63. The molecule has 1 N–H and O–H groups in total. The molecule has 2 aromatic heterocycles. The van der Waals surface area contributed by atoms with Crippen molar-refractivity contribution in [3.8, 4) is 6.07 Å². The first-order valence-corrected chi connectivity index (χ1v) is 8.56. The highest BCUT2D eigenvalue weighted by Crippen LogP contribution is 2.25. The van der Waals surface area contributed by atoms with Gasteiger partial charge in [0.1, 0.15) is 4.83 Å². The van der Waals surface area contributed by atoms with Gasteiger partial charge in [-0.2, -0.15) is 5.26 Å². The second-order valence-corrected chi connectivity index (χ2v) is 6.90. The molecule has 25 heavy (non-hydrogen) atoms. The molecule has 0 spiro atoms. The Morgan fingerprint density at radius 1 is 1.32 bits per heavy atom. The van der Waals surface area contributed by atoms with Crippen molar-refractivity contribution in [3.63, 3.8) is 0 Å². The molecule has 0 unspecified atom stereocenters. The van der Waals surface area contributed by atoms with Crippen LogP contribution >= 0.6 is 11.3 Å². The summed E-state index contributed by atoms with van der Waals surface area (Å²) in [5.41, 5.74) is 1.99. The number of nitrogens with zero attached hydrogens (tertiary/aromatic N) is 3. The molecule has 6 nitrogen and oxygen atoms in total. The molecule has 0 aliphatic rings. The molecule has 126 valence electrons. The average molecular weight is 352 g/mol. The summed E-state index contributed by atoms with van der Waals surface area (Å²) in [5, 5.41) is 12.2. The maximum atomic E-state index is 12.6. The molecule has 0 aliphatic heterocycles. The lowest BCUT2D eigenvalue weighted by atomic mass is 10.2. The SMILES string of the molecule is Cc1sc2ncn(CCC(=O)Nc3ccc(C#N)cc3)c(=O)c2c1C. The van der Waals surface area contributed by atoms with E-state index in [1.165, 1.54) is 22.2 Å². The predicted octanol–water partition coefficient (Wildman–Crippen LogP) is 2.98. The molecule has 0 radical (unpaired) electrons. The van der Waals surface area contributed by atoms with E-state index in [2.05, 4.69) is 10.3 Å². The van der Waals surface area contributed by atoms with E-state index in [0.717, 1.165) is 15.3 Å². The molecule has 2 heterocycles. The van der Waals surface area contributed by atoms with Crippen LogP contribution in [-0.2, 0) is 11.3 Å². The van der Waals surface area contributed by atoms with E-state index in [-0.39, 0.29) is 24.4 Å². The molecule has 0 aliphatic carbocycles. The summed E-state index contributed by atoms with van der Waals surface area (Å²) >= 11 is 1.50. The second kappa shape index (κ2) is 6.87. The molecule has 3 aromatic rings. The van der Waals surface area contributed by atoms with Crippen molar-refractivity contribution in [1.82, 2.24) is 9.55 Å². The number of aromatic nitrogens is 2. The van der Waals surface area contributed by atoms with Gasteiger partial charge in [0, 0.05) is 23.5 Å². The zero-order valence-electron chi connectivity index (χ0n) is 13.9. The van der Waals surface area contributed by atoms with Crippen molar-refractivity contribution in [2.24, 2.45) is 0 Å². The number of carbonyl (C=O) groups excluding carboxylic acids is 1. The van der Waals surface area contributed by atoms with Gasteiger partial charge in [-0.3, -0.25) is 14.2 Å². The second-order valence-electron chi connectivity index (χ2n) is 5.69. The molecule has 0 saturated heterocycles. The van der Waals surface area contributed by atoms with Gasteiger partial charge >= 0.3 is 0 Å². The molecular formula is C18H16N4O2S. The summed E-state index contributed by atoms with van der Waals surface area (Å²) in [5.74, 6) is -0.199. The fraction of sp³-hybridized carbons (Fsp3) is 0.222. The predicted molar refractivity (Wildman–Crippen MR) is 97.8 cm³/mol. The highest BCUT2D eigenvalue weighted by molar-refractivity contribution is 7.18. The Bertz CT molecular complexity index is 1040. The Morgan fingerprint density at radius 2 is 2.04 bits per heavy atom. The normalized spacial score (nSPS) is 10.6. The highest BCUT2D eigenvalue weighted by atomic mass is 32.1. The number of aryl methyl sites for hydroxylation is 3. The van der Waals surface area contributed by atoms with E-state index in [4.69, 9.17) is 5.26 Å². The third kappa shape index (κ3) is 3.44. The van der Waals surface area contributed by atoms with Crippen LogP contribution in [-0.4, -0.2) is 15.5 Å². The standard InChI is InChI=1S/C18H16N4O2S/c1-11-12(2)25-17-16(11)18(24)22(10-20-17)8-7-15(23)21-14-5-3-13(9-19)4-6-14/h3-6,10H,7-8H2,1-2H3,(H,21,23). The molecule has 0 atom stereocenters. The number of anilines is 1. The van der Waals surface area contributed by atoms with Crippen molar-refractivity contribution in [2.75, 3.05) is 5.32 Å². The van der Waals surface area contributed by atoms with Gasteiger partial charge in [-0.05, 0) is 43.7 Å². The van der Waals surface area contributed by atoms with Crippen molar-refractivity contribution >= 4 is 33.1 Å². The van der Waals surface area contributed by atoms with Gasteiger partial charge < -0.3 is 5.32 Å². The molecule has 3 rings (SSSR count). The Labute approximate surface area is 148 Å². The first-order valence-electron chi connectivity index (χ1n) is 7.74. The van der Waals surface area contributed by atoms with E-state index in [1.54, 1.807) is 24.3 Å². The van der Waals surface area contributed by atoms with Crippen LogP contribution in [0.2, 0.25) is 0 Å². The van der Waals surface area contributed by atoms with Gasteiger partial charge in [0.2, 0.25) is 5.91 Å². The number of nitriles is 1. The summed E-state index contributed by atoms with van der Waals surface area (Å²) in [6.45, 7) is 4.15. The van der Waals surface area contributed by atoms with Crippen molar-refractivity contribution in [3.05, 3.63) is 57.0 Å². The first kappa shape index (κ1) is 16.9. The topological polar surface area (TPSA) is 87.8 Å². The number of benzene rings is 1. The lowest BCUT2D eigenvalue weighted by molar-refractivity contribution is -0.116. The minimum atomic E-state index is -0.199. The Morgan fingerprint density at radius 3 is 2.72 bits per heavy atom. The molecule has 0 bridgehead atoms. The van der Waals surface area contributed by atoms with Crippen LogP contribution in [0.25, 0.3) is 10.2 Å². The van der Waals surface area contributed by atoms with Crippen molar-refractivity contribution in [1.29, 1.82) is 5.26 Å². The highest BCUT2D eigenvalue weighted by Gasteiger charge is 2.12. The quantitative estimate of drug-likeness (QED) is 0.782. The minimum absolute atomic E-state index is 0.113. The summed E-state index contributed by atoms with van der Waals surface area (Å²) in [6, 6.07) is 8.65. The number of hydrogen-bond acceptors (Lipinski definition) is 5. The molecule has 1 aromatic carbocycles.